The number of rotatable bonds is 12. The molecular formula is C26H30N4O4. The predicted molar refractivity (Wildman–Crippen MR) is 127 cm³/mol. The molecule has 0 bridgehead atoms. The van der Waals surface area contributed by atoms with E-state index in [1.54, 1.807) is 37.1 Å². The molecule has 8 heteroatoms. The summed E-state index contributed by atoms with van der Waals surface area (Å²) in [6, 6.07) is 18.6. The highest BCUT2D eigenvalue weighted by Gasteiger charge is 2.39. The molecule has 1 aromatic carbocycles. The molecule has 0 aliphatic carbocycles. The summed E-state index contributed by atoms with van der Waals surface area (Å²) >= 11 is 0. The van der Waals surface area contributed by atoms with Crippen LogP contribution in [-0.4, -0.2) is 40.6 Å². The van der Waals surface area contributed by atoms with Crippen molar-refractivity contribution in [3.8, 4) is 0 Å². The van der Waals surface area contributed by atoms with Crippen molar-refractivity contribution in [3.63, 3.8) is 0 Å². The molecule has 0 atom stereocenters. The van der Waals surface area contributed by atoms with Crippen LogP contribution >= 0.6 is 0 Å². The molecule has 34 heavy (non-hydrogen) atoms. The van der Waals surface area contributed by atoms with Crippen molar-refractivity contribution in [2.24, 2.45) is 0 Å². The lowest BCUT2D eigenvalue weighted by Gasteiger charge is -2.32. The second kappa shape index (κ2) is 12.6. The van der Waals surface area contributed by atoms with Crippen LogP contribution in [-0.2, 0) is 15.1 Å². The van der Waals surface area contributed by atoms with E-state index in [1.807, 2.05) is 48.5 Å². The lowest BCUT2D eigenvalue weighted by atomic mass is 9.85. The summed E-state index contributed by atoms with van der Waals surface area (Å²) in [5, 5.41) is 11.4. The van der Waals surface area contributed by atoms with Crippen LogP contribution in [0.5, 0.6) is 0 Å². The number of nitrogens with one attached hydrogen (secondary N) is 2. The number of nitrogens with zero attached hydrogens (tertiary/aromatic N) is 2. The molecule has 2 heterocycles. The smallest absolute Gasteiger partial charge is 0.251 e. The van der Waals surface area contributed by atoms with Crippen LogP contribution in [0.1, 0.15) is 59.4 Å². The van der Waals surface area contributed by atoms with Gasteiger partial charge >= 0.3 is 0 Å². The van der Waals surface area contributed by atoms with Gasteiger partial charge in [-0.2, -0.15) is 0 Å². The molecule has 0 saturated heterocycles. The Balaban J connectivity index is 1.67. The lowest BCUT2D eigenvalue weighted by Crippen LogP contribution is -2.33. The van der Waals surface area contributed by atoms with Crippen LogP contribution in [0.15, 0.2) is 73.1 Å². The zero-order chi connectivity index (χ0) is 24.2. The number of methoxy groups -OCH3 is 1. The average molecular weight is 463 g/mol. The topological polar surface area (TPSA) is 113 Å². The Bertz CT molecular complexity index is 1000. The number of carbonyl (C=O) groups is 2. The molecule has 0 aliphatic rings. The molecule has 0 aliphatic heterocycles. The second-order valence-corrected chi connectivity index (χ2v) is 7.85. The van der Waals surface area contributed by atoms with Gasteiger partial charge in [-0.3, -0.25) is 24.8 Å². The van der Waals surface area contributed by atoms with E-state index in [2.05, 4.69) is 15.3 Å². The number of ether oxygens (including phenoxy) is 1. The van der Waals surface area contributed by atoms with Crippen LogP contribution < -0.4 is 10.8 Å². The van der Waals surface area contributed by atoms with E-state index in [4.69, 9.17) is 9.94 Å². The molecule has 2 amide bonds. The van der Waals surface area contributed by atoms with Gasteiger partial charge in [-0.15, -0.1) is 0 Å². The van der Waals surface area contributed by atoms with E-state index in [0.29, 0.717) is 36.3 Å². The second-order valence-electron chi connectivity index (χ2n) is 7.85. The van der Waals surface area contributed by atoms with Crippen LogP contribution in [0.3, 0.4) is 0 Å². The number of benzene rings is 1. The molecule has 0 spiro atoms. The molecule has 3 rings (SSSR count). The third-order valence-corrected chi connectivity index (χ3v) is 5.65. The number of amides is 2. The number of carbonyl (C=O) groups excluding carboxylic acids is 2. The summed E-state index contributed by atoms with van der Waals surface area (Å²) in [7, 11) is 1.63. The first-order chi connectivity index (χ1) is 16.6. The standard InChI is InChI=1S/C26H30N4O4/c1-34-26(22-10-5-8-17-27-22,23-11-6-9-18-28-23)21-15-13-20(14-16-21)25(32)29-19-7-3-2-4-12-24(31)30-33/h5-6,8-11,13-18,33H,2-4,7,12,19H2,1H3,(H,29,32)(H,30,31). The highest BCUT2D eigenvalue weighted by molar-refractivity contribution is 5.94. The van der Waals surface area contributed by atoms with Crippen LogP contribution in [0, 0.1) is 0 Å². The van der Waals surface area contributed by atoms with Crippen molar-refractivity contribution in [1.29, 1.82) is 0 Å². The van der Waals surface area contributed by atoms with Crippen molar-refractivity contribution in [2.75, 3.05) is 13.7 Å². The summed E-state index contributed by atoms with van der Waals surface area (Å²) in [5.74, 6) is -0.523. The van der Waals surface area contributed by atoms with Crippen molar-refractivity contribution < 1.29 is 19.5 Å². The molecule has 0 saturated carbocycles. The van der Waals surface area contributed by atoms with E-state index in [9.17, 15) is 9.59 Å². The Morgan fingerprint density at radius 2 is 1.50 bits per heavy atom. The maximum absolute atomic E-state index is 12.6. The number of pyridine rings is 2. The molecule has 8 nitrogen and oxygen atoms in total. The molecule has 0 radical (unpaired) electrons. The van der Waals surface area contributed by atoms with E-state index in [-0.39, 0.29) is 11.8 Å². The maximum atomic E-state index is 12.6. The normalized spacial score (nSPS) is 11.1. The van der Waals surface area contributed by atoms with Gasteiger partial charge in [-0.1, -0.05) is 37.1 Å². The average Bonchev–Trinajstić information content (AvgIpc) is 2.90. The van der Waals surface area contributed by atoms with Gasteiger partial charge in [0.15, 0.2) is 5.60 Å². The first-order valence-corrected chi connectivity index (χ1v) is 11.3. The molecule has 3 N–H and O–H groups in total. The number of hydrogen-bond acceptors (Lipinski definition) is 6. The predicted octanol–water partition coefficient (Wildman–Crippen LogP) is 3.60. The summed E-state index contributed by atoms with van der Waals surface area (Å²) in [5.41, 5.74) is 3.38. The van der Waals surface area contributed by atoms with Gasteiger partial charge in [0.25, 0.3) is 5.91 Å². The fraction of sp³-hybridized carbons (Fsp3) is 0.308. The molecule has 2 aromatic heterocycles. The summed E-state index contributed by atoms with van der Waals surface area (Å²) in [4.78, 5) is 32.6. The van der Waals surface area contributed by atoms with Gasteiger partial charge < -0.3 is 10.1 Å². The van der Waals surface area contributed by atoms with Gasteiger partial charge in [-0.25, -0.2) is 5.48 Å². The molecule has 0 fully saturated rings. The SMILES string of the molecule is COC(c1ccc(C(=O)NCCCCCCC(=O)NO)cc1)(c1ccccn1)c1ccccn1. The summed E-state index contributed by atoms with van der Waals surface area (Å²) in [6.45, 7) is 0.552. The Labute approximate surface area is 199 Å². The number of hydroxylamine groups is 1. The van der Waals surface area contributed by atoms with Gasteiger partial charge in [0.1, 0.15) is 0 Å². The Kier molecular flexibility index (Phi) is 9.25. The third-order valence-electron chi connectivity index (χ3n) is 5.65. The summed E-state index contributed by atoms with van der Waals surface area (Å²) < 4.78 is 6.07. The minimum atomic E-state index is -1.01. The van der Waals surface area contributed by atoms with E-state index in [1.165, 1.54) is 0 Å². The zero-order valence-corrected chi connectivity index (χ0v) is 19.2. The van der Waals surface area contributed by atoms with Crippen LogP contribution in [0.25, 0.3) is 0 Å². The van der Waals surface area contributed by atoms with Gasteiger partial charge in [0.2, 0.25) is 5.91 Å². The third kappa shape index (κ3) is 6.03. The number of unbranched alkanes of at least 4 members (excludes halogenated alkanes) is 3. The van der Waals surface area contributed by atoms with Gasteiger partial charge in [0, 0.05) is 38.0 Å². The van der Waals surface area contributed by atoms with E-state index in [0.717, 1.165) is 24.8 Å². The van der Waals surface area contributed by atoms with Crippen LogP contribution in [0.2, 0.25) is 0 Å². The number of hydrogen-bond donors (Lipinski definition) is 3. The van der Waals surface area contributed by atoms with Crippen molar-refractivity contribution in [1.82, 2.24) is 20.8 Å². The van der Waals surface area contributed by atoms with Gasteiger partial charge in [0.05, 0.1) is 11.4 Å². The lowest BCUT2D eigenvalue weighted by molar-refractivity contribution is -0.129. The molecule has 178 valence electrons. The fourth-order valence-corrected chi connectivity index (χ4v) is 3.88. The minimum absolute atomic E-state index is 0.148. The highest BCUT2D eigenvalue weighted by atomic mass is 16.5. The molecule has 0 unspecified atom stereocenters. The largest absolute Gasteiger partial charge is 0.361 e. The Morgan fingerprint density at radius 1 is 0.882 bits per heavy atom. The Hall–Kier alpha value is -3.62. The number of aromatic nitrogens is 2. The van der Waals surface area contributed by atoms with Crippen molar-refractivity contribution in [2.45, 2.75) is 37.7 Å². The first kappa shape index (κ1) is 25.0. The highest BCUT2D eigenvalue weighted by Crippen LogP contribution is 2.37. The van der Waals surface area contributed by atoms with Crippen molar-refractivity contribution >= 4 is 11.8 Å². The molecular weight excluding hydrogens is 432 g/mol. The Morgan fingerprint density at radius 3 is 2.03 bits per heavy atom. The van der Waals surface area contributed by atoms with Crippen LogP contribution in [0.4, 0.5) is 0 Å². The maximum Gasteiger partial charge on any atom is 0.251 e. The quantitative estimate of drug-likeness (QED) is 0.215. The minimum Gasteiger partial charge on any atom is -0.361 e. The molecule has 3 aromatic rings. The van der Waals surface area contributed by atoms with E-state index < -0.39 is 5.60 Å². The zero-order valence-electron chi connectivity index (χ0n) is 19.2. The van der Waals surface area contributed by atoms with Gasteiger partial charge in [-0.05, 0) is 54.8 Å². The first-order valence-electron chi connectivity index (χ1n) is 11.3. The summed E-state index contributed by atoms with van der Waals surface area (Å²) in [6.07, 6.45) is 7.01. The van der Waals surface area contributed by atoms with E-state index >= 15 is 0 Å². The monoisotopic (exact) mass is 462 g/mol. The fourth-order valence-electron chi connectivity index (χ4n) is 3.88. The van der Waals surface area contributed by atoms with Crippen molar-refractivity contribution in [3.05, 3.63) is 95.6 Å².